The molecule has 1 atom stereocenters. The molecule has 18 heavy (non-hydrogen) atoms. The summed E-state index contributed by atoms with van der Waals surface area (Å²) in [6.45, 7) is 1.87. The molecule has 6 heteroatoms. The quantitative estimate of drug-likeness (QED) is 0.907. The molecular weight excluding hydrogens is 250 g/mol. The van der Waals surface area contributed by atoms with Crippen molar-refractivity contribution in [2.24, 2.45) is 5.73 Å². The molecule has 0 radical (unpaired) electrons. The molecule has 2 rings (SSSR count). The standard InChI is InChI=1S/C12H15N3O2S/c1-9(13)11-5-3-4-6-12(11)15-8-10(7-14-15)18(2,16)17/h3-9H,13H2,1-2H3/t9-/m0/s1. The van der Waals surface area contributed by atoms with Crippen LogP contribution in [0.4, 0.5) is 0 Å². The van der Waals surface area contributed by atoms with Crippen LogP contribution in [0.25, 0.3) is 5.69 Å². The predicted molar refractivity (Wildman–Crippen MR) is 69.3 cm³/mol. The molecule has 1 heterocycles. The van der Waals surface area contributed by atoms with Crippen LogP contribution in [0.3, 0.4) is 0 Å². The van der Waals surface area contributed by atoms with Gasteiger partial charge >= 0.3 is 0 Å². The van der Waals surface area contributed by atoms with Gasteiger partial charge in [0, 0.05) is 18.5 Å². The van der Waals surface area contributed by atoms with Crippen LogP contribution in [-0.2, 0) is 9.84 Å². The van der Waals surface area contributed by atoms with Crippen molar-refractivity contribution in [3.63, 3.8) is 0 Å². The summed E-state index contributed by atoms with van der Waals surface area (Å²) in [5, 5.41) is 4.08. The van der Waals surface area contributed by atoms with E-state index in [0.29, 0.717) is 0 Å². The molecule has 0 aliphatic heterocycles. The Labute approximate surface area is 106 Å². The molecule has 2 N–H and O–H groups in total. The SMILES string of the molecule is C[C@H](N)c1ccccc1-n1cc(S(C)(=O)=O)cn1. The average molecular weight is 265 g/mol. The highest BCUT2D eigenvalue weighted by atomic mass is 32.2. The average Bonchev–Trinajstić information content (AvgIpc) is 2.77. The summed E-state index contributed by atoms with van der Waals surface area (Å²) in [6.07, 6.45) is 4.00. The molecule has 0 unspecified atom stereocenters. The van der Waals surface area contributed by atoms with E-state index in [9.17, 15) is 8.42 Å². The van der Waals surface area contributed by atoms with Gasteiger partial charge in [0.1, 0.15) is 4.90 Å². The topological polar surface area (TPSA) is 78.0 Å². The smallest absolute Gasteiger partial charge is 0.178 e. The number of aromatic nitrogens is 2. The molecule has 0 amide bonds. The molecule has 2 aromatic rings. The van der Waals surface area contributed by atoms with Crippen LogP contribution in [-0.4, -0.2) is 24.5 Å². The van der Waals surface area contributed by atoms with E-state index in [1.807, 2.05) is 31.2 Å². The lowest BCUT2D eigenvalue weighted by Crippen LogP contribution is -2.10. The number of hydrogen-bond donors (Lipinski definition) is 1. The van der Waals surface area contributed by atoms with Crippen molar-refractivity contribution in [3.05, 3.63) is 42.2 Å². The van der Waals surface area contributed by atoms with Crippen LogP contribution in [0.5, 0.6) is 0 Å². The number of para-hydroxylation sites is 1. The number of nitrogens with zero attached hydrogens (tertiary/aromatic N) is 2. The molecule has 96 valence electrons. The number of hydrogen-bond acceptors (Lipinski definition) is 4. The first-order valence-electron chi connectivity index (χ1n) is 5.49. The molecular formula is C12H15N3O2S. The maximum Gasteiger partial charge on any atom is 0.178 e. The normalized spacial score (nSPS) is 13.5. The summed E-state index contributed by atoms with van der Waals surface area (Å²) in [5.41, 5.74) is 7.60. The van der Waals surface area contributed by atoms with Crippen molar-refractivity contribution >= 4 is 9.84 Å². The lowest BCUT2D eigenvalue weighted by atomic mass is 10.1. The molecule has 0 aliphatic carbocycles. The first kappa shape index (κ1) is 12.8. The Hall–Kier alpha value is -1.66. The zero-order valence-corrected chi connectivity index (χ0v) is 11.1. The van der Waals surface area contributed by atoms with E-state index in [4.69, 9.17) is 5.73 Å². The molecule has 5 nitrogen and oxygen atoms in total. The zero-order valence-electron chi connectivity index (χ0n) is 10.2. The Kier molecular flexibility index (Phi) is 3.23. The molecule has 0 spiro atoms. The monoisotopic (exact) mass is 265 g/mol. The number of sulfone groups is 1. The Morgan fingerprint density at radius 3 is 2.56 bits per heavy atom. The van der Waals surface area contributed by atoms with Crippen LogP contribution in [0.15, 0.2) is 41.6 Å². The van der Waals surface area contributed by atoms with Crippen LogP contribution < -0.4 is 5.73 Å². The van der Waals surface area contributed by atoms with E-state index < -0.39 is 9.84 Å². The van der Waals surface area contributed by atoms with E-state index >= 15 is 0 Å². The lowest BCUT2D eigenvalue weighted by Gasteiger charge is -2.11. The van der Waals surface area contributed by atoms with Crippen molar-refractivity contribution in [2.45, 2.75) is 17.9 Å². The Morgan fingerprint density at radius 2 is 2.00 bits per heavy atom. The first-order chi connectivity index (χ1) is 8.39. The van der Waals surface area contributed by atoms with Gasteiger partial charge in [-0.3, -0.25) is 0 Å². The van der Waals surface area contributed by atoms with Crippen molar-refractivity contribution in [1.29, 1.82) is 0 Å². The minimum atomic E-state index is -3.24. The fraction of sp³-hybridized carbons (Fsp3) is 0.250. The molecule has 0 aliphatic rings. The summed E-state index contributed by atoms with van der Waals surface area (Å²) in [4.78, 5) is 0.196. The maximum atomic E-state index is 11.4. The molecule has 0 saturated carbocycles. The van der Waals surface area contributed by atoms with Crippen molar-refractivity contribution in [2.75, 3.05) is 6.26 Å². The summed E-state index contributed by atoms with van der Waals surface area (Å²) in [5.74, 6) is 0. The van der Waals surface area contributed by atoms with Gasteiger partial charge in [-0.1, -0.05) is 18.2 Å². The summed E-state index contributed by atoms with van der Waals surface area (Å²) >= 11 is 0. The number of nitrogens with two attached hydrogens (primary N) is 1. The second-order valence-corrected chi connectivity index (χ2v) is 6.26. The van der Waals surface area contributed by atoms with Gasteiger partial charge in [0.2, 0.25) is 0 Å². The van der Waals surface area contributed by atoms with Crippen LogP contribution in [0, 0.1) is 0 Å². The first-order valence-corrected chi connectivity index (χ1v) is 7.38. The fourth-order valence-corrected chi connectivity index (χ4v) is 2.24. The Balaban J connectivity index is 2.53. The molecule has 0 fully saturated rings. The van der Waals surface area contributed by atoms with Crippen LogP contribution in [0.1, 0.15) is 18.5 Å². The van der Waals surface area contributed by atoms with Gasteiger partial charge in [-0.25, -0.2) is 13.1 Å². The van der Waals surface area contributed by atoms with Gasteiger partial charge in [0.05, 0.1) is 11.9 Å². The van der Waals surface area contributed by atoms with Crippen molar-refractivity contribution in [3.8, 4) is 5.69 Å². The highest BCUT2D eigenvalue weighted by Gasteiger charge is 2.13. The fourth-order valence-electron chi connectivity index (χ4n) is 1.71. The Morgan fingerprint density at radius 1 is 1.33 bits per heavy atom. The molecule has 0 bridgehead atoms. The second kappa shape index (κ2) is 4.55. The van der Waals surface area contributed by atoms with E-state index in [1.165, 1.54) is 17.1 Å². The number of rotatable bonds is 3. The van der Waals surface area contributed by atoms with Gasteiger partial charge in [-0.05, 0) is 18.6 Å². The summed E-state index contributed by atoms with van der Waals surface area (Å²) < 4.78 is 24.4. The molecule has 1 aromatic heterocycles. The minimum absolute atomic E-state index is 0.146. The Bertz CT molecular complexity index is 659. The number of benzene rings is 1. The third kappa shape index (κ3) is 2.44. The van der Waals surface area contributed by atoms with Crippen molar-refractivity contribution in [1.82, 2.24) is 9.78 Å². The molecule has 1 aromatic carbocycles. The summed E-state index contributed by atoms with van der Waals surface area (Å²) in [7, 11) is -3.24. The predicted octanol–water partition coefficient (Wildman–Crippen LogP) is 1.30. The zero-order chi connectivity index (χ0) is 13.3. The van der Waals surface area contributed by atoms with E-state index in [2.05, 4.69) is 5.10 Å². The van der Waals surface area contributed by atoms with Gasteiger partial charge < -0.3 is 5.73 Å². The lowest BCUT2D eigenvalue weighted by molar-refractivity contribution is 0.602. The maximum absolute atomic E-state index is 11.4. The third-order valence-electron chi connectivity index (χ3n) is 2.66. The highest BCUT2D eigenvalue weighted by Crippen LogP contribution is 2.20. The van der Waals surface area contributed by atoms with Crippen molar-refractivity contribution < 1.29 is 8.42 Å². The van der Waals surface area contributed by atoms with E-state index in [1.54, 1.807) is 0 Å². The van der Waals surface area contributed by atoms with E-state index in [0.717, 1.165) is 17.5 Å². The van der Waals surface area contributed by atoms with Gasteiger partial charge in [0.15, 0.2) is 9.84 Å². The van der Waals surface area contributed by atoms with Crippen LogP contribution >= 0.6 is 0 Å². The molecule has 0 saturated heterocycles. The largest absolute Gasteiger partial charge is 0.324 e. The minimum Gasteiger partial charge on any atom is -0.324 e. The van der Waals surface area contributed by atoms with Gasteiger partial charge in [0.25, 0.3) is 0 Å². The van der Waals surface area contributed by atoms with E-state index in [-0.39, 0.29) is 10.9 Å². The summed E-state index contributed by atoms with van der Waals surface area (Å²) in [6, 6.07) is 7.37. The third-order valence-corrected chi connectivity index (χ3v) is 3.73. The van der Waals surface area contributed by atoms with Crippen LogP contribution in [0.2, 0.25) is 0 Å². The second-order valence-electron chi connectivity index (χ2n) is 4.24. The van der Waals surface area contributed by atoms with Gasteiger partial charge in [-0.2, -0.15) is 5.10 Å². The van der Waals surface area contributed by atoms with Gasteiger partial charge in [-0.15, -0.1) is 0 Å². The highest BCUT2D eigenvalue weighted by molar-refractivity contribution is 7.90.